The van der Waals surface area contributed by atoms with Gasteiger partial charge < -0.3 is 20.5 Å². The van der Waals surface area contributed by atoms with Gasteiger partial charge in [0.15, 0.2) is 0 Å². The molecule has 0 radical (unpaired) electrons. The SMILES string of the molecule is Cc1ccc(OCCCCNC(=O)NC2CCCCC2O)cc1. The first kappa shape index (κ1) is 17.6. The third kappa shape index (κ3) is 6.48. The van der Waals surface area contributed by atoms with E-state index in [1.807, 2.05) is 31.2 Å². The monoisotopic (exact) mass is 320 g/mol. The van der Waals surface area contributed by atoms with E-state index in [-0.39, 0.29) is 12.1 Å². The summed E-state index contributed by atoms with van der Waals surface area (Å²) in [5.74, 6) is 0.882. The van der Waals surface area contributed by atoms with E-state index in [0.717, 1.165) is 44.3 Å². The minimum absolute atomic E-state index is 0.103. The second-order valence-corrected chi connectivity index (χ2v) is 6.23. The van der Waals surface area contributed by atoms with E-state index < -0.39 is 6.10 Å². The molecule has 0 aliphatic heterocycles. The van der Waals surface area contributed by atoms with E-state index in [4.69, 9.17) is 4.74 Å². The summed E-state index contributed by atoms with van der Waals surface area (Å²) in [6.45, 7) is 3.31. The molecule has 0 heterocycles. The van der Waals surface area contributed by atoms with Gasteiger partial charge in [0, 0.05) is 6.54 Å². The molecule has 1 saturated carbocycles. The van der Waals surface area contributed by atoms with E-state index in [1.54, 1.807) is 0 Å². The topological polar surface area (TPSA) is 70.6 Å². The molecule has 1 aliphatic rings. The Bertz CT molecular complexity index is 476. The fourth-order valence-electron chi connectivity index (χ4n) is 2.75. The summed E-state index contributed by atoms with van der Waals surface area (Å²) in [7, 11) is 0. The van der Waals surface area contributed by atoms with Crippen molar-refractivity contribution in [2.45, 2.75) is 57.6 Å². The number of rotatable bonds is 7. The van der Waals surface area contributed by atoms with Crippen molar-refractivity contribution in [1.82, 2.24) is 10.6 Å². The number of amides is 2. The molecule has 0 saturated heterocycles. The highest BCUT2D eigenvalue weighted by molar-refractivity contribution is 5.74. The lowest BCUT2D eigenvalue weighted by atomic mass is 9.93. The lowest BCUT2D eigenvalue weighted by molar-refractivity contribution is 0.0943. The summed E-state index contributed by atoms with van der Waals surface area (Å²) in [5, 5.41) is 15.5. The number of aryl methyl sites for hydroxylation is 1. The number of carbonyl (C=O) groups is 1. The van der Waals surface area contributed by atoms with Crippen molar-refractivity contribution < 1.29 is 14.6 Å². The maximum absolute atomic E-state index is 11.8. The summed E-state index contributed by atoms with van der Waals surface area (Å²) in [5.41, 5.74) is 1.22. The number of nitrogens with one attached hydrogen (secondary N) is 2. The van der Waals surface area contributed by atoms with Crippen molar-refractivity contribution in [2.24, 2.45) is 0 Å². The number of aliphatic hydroxyl groups excluding tert-OH is 1. The molecule has 1 aromatic carbocycles. The Balaban J connectivity index is 1.51. The molecule has 2 amide bonds. The average molecular weight is 320 g/mol. The molecule has 1 aliphatic carbocycles. The van der Waals surface area contributed by atoms with E-state index in [1.165, 1.54) is 5.56 Å². The normalized spacial score (nSPS) is 20.8. The van der Waals surface area contributed by atoms with Crippen LogP contribution in [0.3, 0.4) is 0 Å². The molecular weight excluding hydrogens is 292 g/mol. The van der Waals surface area contributed by atoms with Gasteiger partial charge in [-0.3, -0.25) is 0 Å². The smallest absolute Gasteiger partial charge is 0.315 e. The Morgan fingerprint density at radius 3 is 2.70 bits per heavy atom. The standard InChI is InChI=1S/C18H28N2O3/c1-14-8-10-15(11-9-14)23-13-5-4-12-19-18(22)20-16-6-2-3-7-17(16)21/h8-11,16-17,21H,2-7,12-13H2,1H3,(H2,19,20,22). The third-order valence-corrected chi connectivity index (χ3v) is 4.19. The summed E-state index contributed by atoms with van der Waals surface area (Å²) >= 11 is 0. The van der Waals surface area contributed by atoms with E-state index in [9.17, 15) is 9.90 Å². The molecule has 2 rings (SSSR count). The van der Waals surface area contributed by atoms with Crippen molar-refractivity contribution in [2.75, 3.05) is 13.2 Å². The van der Waals surface area contributed by atoms with Gasteiger partial charge in [-0.2, -0.15) is 0 Å². The van der Waals surface area contributed by atoms with Crippen molar-refractivity contribution in [1.29, 1.82) is 0 Å². The molecule has 2 atom stereocenters. The summed E-state index contributed by atoms with van der Waals surface area (Å²) < 4.78 is 5.64. The van der Waals surface area contributed by atoms with Crippen LogP contribution < -0.4 is 15.4 Å². The zero-order chi connectivity index (χ0) is 16.5. The first-order chi connectivity index (χ1) is 11.1. The van der Waals surface area contributed by atoms with E-state index in [0.29, 0.717) is 13.2 Å². The molecule has 0 bridgehead atoms. The van der Waals surface area contributed by atoms with Gasteiger partial charge in [0.25, 0.3) is 0 Å². The van der Waals surface area contributed by atoms with E-state index >= 15 is 0 Å². The number of aliphatic hydroxyl groups is 1. The zero-order valence-corrected chi connectivity index (χ0v) is 13.9. The Kier molecular flexibility index (Phi) is 7.20. The molecule has 23 heavy (non-hydrogen) atoms. The van der Waals surface area contributed by atoms with Crippen molar-refractivity contribution in [3.8, 4) is 5.75 Å². The van der Waals surface area contributed by atoms with Crippen LogP contribution in [0.2, 0.25) is 0 Å². The molecule has 5 nitrogen and oxygen atoms in total. The fraction of sp³-hybridized carbons (Fsp3) is 0.611. The molecule has 3 N–H and O–H groups in total. The number of unbranched alkanes of at least 4 members (excludes halogenated alkanes) is 1. The van der Waals surface area contributed by atoms with Gasteiger partial charge >= 0.3 is 6.03 Å². The van der Waals surface area contributed by atoms with Crippen LogP contribution in [-0.2, 0) is 0 Å². The highest BCUT2D eigenvalue weighted by Gasteiger charge is 2.24. The Labute approximate surface area is 138 Å². The van der Waals surface area contributed by atoms with Crippen LogP contribution in [0, 0.1) is 6.92 Å². The molecule has 1 aromatic rings. The molecule has 128 valence electrons. The highest BCUT2D eigenvalue weighted by Crippen LogP contribution is 2.18. The Morgan fingerprint density at radius 1 is 1.22 bits per heavy atom. The number of carbonyl (C=O) groups excluding carboxylic acids is 1. The number of hydrogen-bond donors (Lipinski definition) is 3. The van der Waals surface area contributed by atoms with Gasteiger partial charge in [-0.1, -0.05) is 30.5 Å². The Morgan fingerprint density at radius 2 is 1.96 bits per heavy atom. The second-order valence-electron chi connectivity index (χ2n) is 6.23. The highest BCUT2D eigenvalue weighted by atomic mass is 16.5. The van der Waals surface area contributed by atoms with Crippen LogP contribution in [-0.4, -0.2) is 36.4 Å². The first-order valence-corrected chi connectivity index (χ1v) is 8.57. The summed E-state index contributed by atoms with van der Waals surface area (Å²) in [6.07, 6.45) is 5.10. The van der Waals surface area contributed by atoms with E-state index in [2.05, 4.69) is 10.6 Å². The van der Waals surface area contributed by atoms with Crippen LogP contribution in [0.25, 0.3) is 0 Å². The average Bonchev–Trinajstić information content (AvgIpc) is 2.54. The van der Waals surface area contributed by atoms with Crippen LogP contribution in [0.4, 0.5) is 4.79 Å². The summed E-state index contributed by atoms with van der Waals surface area (Å²) in [6, 6.07) is 7.71. The van der Waals surface area contributed by atoms with Crippen LogP contribution >= 0.6 is 0 Å². The maximum Gasteiger partial charge on any atom is 0.315 e. The van der Waals surface area contributed by atoms with Crippen molar-refractivity contribution in [3.63, 3.8) is 0 Å². The first-order valence-electron chi connectivity index (χ1n) is 8.57. The number of urea groups is 1. The lowest BCUT2D eigenvalue weighted by Crippen LogP contribution is -2.49. The number of hydrogen-bond acceptors (Lipinski definition) is 3. The van der Waals surface area contributed by atoms with Gasteiger partial charge in [0.2, 0.25) is 0 Å². The number of ether oxygens (including phenoxy) is 1. The van der Waals surface area contributed by atoms with Gasteiger partial charge in [-0.05, 0) is 44.7 Å². The minimum atomic E-state index is -0.405. The van der Waals surface area contributed by atoms with Gasteiger partial charge in [-0.25, -0.2) is 4.79 Å². The van der Waals surface area contributed by atoms with Crippen LogP contribution in [0.5, 0.6) is 5.75 Å². The van der Waals surface area contributed by atoms with Gasteiger partial charge in [0.05, 0.1) is 18.8 Å². The van der Waals surface area contributed by atoms with Gasteiger partial charge in [0.1, 0.15) is 5.75 Å². The van der Waals surface area contributed by atoms with Crippen molar-refractivity contribution in [3.05, 3.63) is 29.8 Å². The maximum atomic E-state index is 11.8. The molecule has 0 aromatic heterocycles. The van der Waals surface area contributed by atoms with Crippen LogP contribution in [0.1, 0.15) is 44.1 Å². The zero-order valence-electron chi connectivity index (χ0n) is 13.9. The van der Waals surface area contributed by atoms with Gasteiger partial charge in [-0.15, -0.1) is 0 Å². The molecule has 5 heteroatoms. The quantitative estimate of drug-likeness (QED) is 0.677. The van der Waals surface area contributed by atoms with Crippen LogP contribution in [0.15, 0.2) is 24.3 Å². The molecule has 0 spiro atoms. The third-order valence-electron chi connectivity index (χ3n) is 4.19. The second kappa shape index (κ2) is 9.40. The lowest BCUT2D eigenvalue weighted by Gasteiger charge is -2.28. The van der Waals surface area contributed by atoms with Crippen molar-refractivity contribution >= 4 is 6.03 Å². The predicted octanol–water partition coefficient (Wildman–Crippen LogP) is 2.76. The fourth-order valence-corrected chi connectivity index (χ4v) is 2.75. The predicted molar refractivity (Wildman–Crippen MR) is 90.7 cm³/mol. The largest absolute Gasteiger partial charge is 0.494 e. The molecule has 1 fully saturated rings. The minimum Gasteiger partial charge on any atom is -0.494 e. The molecule has 2 unspecified atom stereocenters. The number of benzene rings is 1. The Hall–Kier alpha value is -1.75. The molecular formula is C18H28N2O3. The summed E-state index contributed by atoms with van der Waals surface area (Å²) in [4.78, 5) is 11.8.